The fourth-order valence-electron chi connectivity index (χ4n) is 5.30. The highest BCUT2D eigenvalue weighted by Crippen LogP contribution is 2.34. The van der Waals surface area contributed by atoms with Gasteiger partial charge in [0.2, 0.25) is 17.7 Å². The van der Waals surface area contributed by atoms with Gasteiger partial charge in [0.15, 0.2) is 11.5 Å². The maximum atomic E-state index is 13.1. The number of hydrogen-bond donors (Lipinski definition) is 1. The molecular formula is C25H35N3O5. The third-order valence-corrected chi connectivity index (χ3v) is 7.28. The van der Waals surface area contributed by atoms with Crippen LogP contribution in [0.15, 0.2) is 18.2 Å². The Bertz CT molecular complexity index is 875. The molecule has 3 aliphatic rings. The Balaban J connectivity index is 1.29. The maximum Gasteiger partial charge on any atom is 0.228 e. The van der Waals surface area contributed by atoms with E-state index >= 15 is 0 Å². The molecule has 2 aliphatic heterocycles. The van der Waals surface area contributed by atoms with Gasteiger partial charge in [-0.25, -0.2) is 0 Å². The van der Waals surface area contributed by atoms with E-state index in [-0.39, 0.29) is 42.0 Å². The highest BCUT2D eigenvalue weighted by molar-refractivity contribution is 6.00. The first-order valence-electron chi connectivity index (χ1n) is 12.1. The van der Waals surface area contributed by atoms with E-state index < -0.39 is 0 Å². The number of methoxy groups -OCH3 is 2. The monoisotopic (exact) mass is 457 g/mol. The summed E-state index contributed by atoms with van der Waals surface area (Å²) in [7, 11) is 3.12. The van der Waals surface area contributed by atoms with Crippen LogP contribution in [0.1, 0.15) is 51.4 Å². The van der Waals surface area contributed by atoms with Crippen LogP contribution in [-0.4, -0.2) is 62.5 Å². The van der Waals surface area contributed by atoms with Crippen LogP contribution in [-0.2, 0) is 14.4 Å². The number of nitrogens with one attached hydrogen (secondary N) is 1. The van der Waals surface area contributed by atoms with Gasteiger partial charge in [-0.2, -0.15) is 0 Å². The van der Waals surface area contributed by atoms with Crippen LogP contribution in [0.4, 0.5) is 5.69 Å². The summed E-state index contributed by atoms with van der Waals surface area (Å²) in [6.45, 7) is 1.61. The molecule has 3 amide bonds. The molecule has 1 unspecified atom stereocenters. The van der Waals surface area contributed by atoms with Crippen molar-refractivity contribution in [3.63, 3.8) is 0 Å². The van der Waals surface area contributed by atoms with Crippen molar-refractivity contribution in [1.29, 1.82) is 0 Å². The van der Waals surface area contributed by atoms with Gasteiger partial charge in [0, 0.05) is 49.8 Å². The fourth-order valence-corrected chi connectivity index (χ4v) is 5.30. The third kappa shape index (κ3) is 5.25. The van der Waals surface area contributed by atoms with E-state index in [0.29, 0.717) is 36.8 Å². The second-order valence-electron chi connectivity index (χ2n) is 9.39. The van der Waals surface area contributed by atoms with Gasteiger partial charge in [0.25, 0.3) is 0 Å². The maximum absolute atomic E-state index is 13.1. The van der Waals surface area contributed by atoms with Gasteiger partial charge in [-0.3, -0.25) is 14.4 Å². The van der Waals surface area contributed by atoms with Crippen molar-refractivity contribution in [2.45, 2.75) is 57.4 Å². The molecular weight excluding hydrogens is 422 g/mol. The summed E-state index contributed by atoms with van der Waals surface area (Å²) in [6, 6.07) is 5.48. The van der Waals surface area contributed by atoms with Crippen molar-refractivity contribution in [2.24, 2.45) is 11.8 Å². The van der Waals surface area contributed by atoms with Gasteiger partial charge in [-0.05, 0) is 37.8 Å². The van der Waals surface area contributed by atoms with Crippen LogP contribution >= 0.6 is 0 Å². The second kappa shape index (κ2) is 10.4. The number of carbonyl (C=O) groups is 3. The average Bonchev–Trinajstić information content (AvgIpc) is 3.25. The largest absolute Gasteiger partial charge is 0.493 e. The molecule has 8 heteroatoms. The number of amides is 3. The number of carbonyl (C=O) groups excluding carboxylic acids is 3. The third-order valence-electron chi connectivity index (χ3n) is 7.28. The lowest BCUT2D eigenvalue weighted by molar-refractivity contribution is -0.137. The molecule has 0 bridgehead atoms. The Morgan fingerprint density at radius 2 is 1.64 bits per heavy atom. The minimum atomic E-state index is -0.348. The van der Waals surface area contributed by atoms with E-state index in [2.05, 4.69) is 5.32 Å². The smallest absolute Gasteiger partial charge is 0.228 e. The predicted molar refractivity (Wildman–Crippen MR) is 124 cm³/mol. The molecule has 180 valence electrons. The number of benzene rings is 1. The first-order chi connectivity index (χ1) is 16.0. The van der Waals surface area contributed by atoms with E-state index in [1.54, 1.807) is 31.3 Å². The second-order valence-corrected chi connectivity index (χ2v) is 9.39. The predicted octanol–water partition coefficient (Wildman–Crippen LogP) is 2.74. The lowest BCUT2D eigenvalue weighted by atomic mass is 9.88. The molecule has 8 nitrogen and oxygen atoms in total. The number of nitrogens with zero attached hydrogens (tertiary/aromatic N) is 2. The lowest BCUT2D eigenvalue weighted by Gasteiger charge is -2.34. The minimum Gasteiger partial charge on any atom is -0.493 e. The number of rotatable bonds is 6. The molecule has 1 N–H and O–H groups in total. The highest BCUT2D eigenvalue weighted by Gasteiger charge is 2.38. The van der Waals surface area contributed by atoms with Gasteiger partial charge < -0.3 is 24.6 Å². The summed E-state index contributed by atoms with van der Waals surface area (Å²) >= 11 is 0. The van der Waals surface area contributed by atoms with E-state index in [4.69, 9.17) is 9.47 Å². The Hall–Kier alpha value is -2.77. The van der Waals surface area contributed by atoms with Crippen LogP contribution in [0.2, 0.25) is 0 Å². The highest BCUT2D eigenvalue weighted by atomic mass is 16.5. The molecule has 0 spiro atoms. The molecule has 0 aromatic heterocycles. The van der Waals surface area contributed by atoms with Crippen molar-refractivity contribution in [2.75, 3.05) is 38.8 Å². The average molecular weight is 458 g/mol. The van der Waals surface area contributed by atoms with Crippen LogP contribution in [0.3, 0.4) is 0 Å². The molecule has 1 aromatic rings. The normalized spacial score (nSPS) is 22.4. The van der Waals surface area contributed by atoms with Gasteiger partial charge in [0.1, 0.15) is 0 Å². The van der Waals surface area contributed by atoms with Crippen LogP contribution in [0, 0.1) is 11.8 Å². The van der Waals surface area contributed by atoms with Crippen molar-refractivity contribution in [3.05, 3.63) is 18.2 Å². The summed E-state index contributed by atoms with van der Waals surface area (Å²) in [5.41, 5.74) is 0.706. The van der Waals surface area contributed by atoms with Gasteiger partial charge >= 0.3 is 0 Å². The number of anilines is 1. The molecule has 2 saturated heterocycles. The number of likely N-dealkylation sites (tertiary alicyclic amines) is 1. The van der Waals surface area contributed by atoms with Gasteiger partial charge in [-0.15, -0.1) is 0 Å². The fraction of sp³-hybridized carbons (Fsp3) is 0.640. The molecule has 1 saturated carbocycles. The Labute approximate surface area is 195 Å². The zero-order valence-electron chi connectivity index (χ0n) is 19.7. The van der Waals surface area contributed by atoms with E-state index in [0.717, 1.165) is 38.5 Å². The van der Waals surface area contributed by atoms with Crippen molar-refractivity contribution >= 4 is 23.4 Å². The Morgan fingerprint density at radius 3 is 2.30 bits per heavy atom. The van der Waals surface area contributed by atoms with Crippen LogP contribution in [0.25, 0.3) is 0 Å². The standard InChI is InChI=1S/C25H35N3O5/c1-32-21-9-8-20(15-22(21)33-2)28-16-18(14-23(28)29)25(31)27-12-10-19(11-13-27)26-24(30)17-6-4-3-5-7-17/h8-9,15,17-19H,3-7,10-14,16H2,1-2H3,(H,26,30). The molecule has 1 atom stereocenters. The number of ether oxygens (including phenoxy) is 2. The van der Waals surface area contributed by atoms with Crippen LogP contribution in [0.5, 0.6) is 11.5 Å². The van der Waals surface area contributed by atoms with Crippen LogP contribution < -0.4 is 19.7 Å². The number of piperidine rings is 1. The summed E-state index contributed by atoms with van der Waals surface area (Å²) in [5, 5.41) is 3.21. The summed E-state index contributed by atoms with van der Waals surface area (Å²) < 4.78 is 10.6. The van der Waals surface area contributed by atoms with E-state index in [9.17, 15) is 14.4 Å². The van der Waals surface area contributed by atoms with E-state index in [1.165, 1.54) is 6.42 Å². The minimum absolute atomic E-state index is 0.0309. The van der Waals surface area contributed by atoms with Crippen molar-refractivity contribution in [1.82, 2.24) is 10.2 Å². The molecule has 0 radical (unpaired) electrons. The molecule has 3 fully saturated rings. The topological polar surface area (TPSA) is 88.2 Å². The molecule has 2 heterocycles. The van der Waals surface area contributed by atoms with Gasteiger partial charge in [-0.1, -0.05) is 19.3 Å². The Morgan fingerprint density at radius 1 is 0.939 bits per heavy atom. The molecule has 4 rings (SSSR count). The van der Waals surface area contributed by atoms with Gasteiger partial charge in [0.05, 0.1) is 20.1 Å². The number of hydrogen-bond acceptors (Lipinski definition) is 5. The molecule has 1 aromatic carbocycles. The van der Waals surface area contributed by atoms with E-state index in [1.807, 2.05) is 11.0 Å². The zero-order valence-corrected chi connectivity index (χ0v) is 19.7. The van der Waals surface area contributed by atoms with Crippen molar-refractivity contribution in [3.8, 4) is 11.5 Å². The summed E-state index contributed by atoms with van der Waals surface area (Å²) in [5.74, 6) is 1.11. The quantitative estimate of drug-likeness (QED) is 0.710. The first-order valence-corrected chi connectivity index (χ1v) is 12.1. The molecule has 33 heavy (non-hydrogen) atoms. The first kappa shape index (κ1) is 23.4. The van der Waals surface area contributed by atoms with Crippen molar-refractivity contribution < 1.29 is 23.9 Å². The lowest BCUT2D eigenvalue weighted by Crippen LogP contribution is -2.49. The Kier molecular flexibility index (Phi) is 7.40. The summed E-state index contributed by atoms with van der Waals surface area (Å²) in [4.78, 5) is 41.9. The molecule has 1 aliphatic carbocycles. The SMILES string of the molecule is COc1ccc(N2CC(C(=O)N3CCC(NC(=O)C4CCCCC4)CC3)CC2=O)cc1OC. The summed E-state index contributed by atoms with van der Waals surface area (Å²) in [6.07, 6.45) is 7.26. The zero-order chi connectivity index (χ0) is 23.4.